The van der Waals surface area contributed by atoms with Crippen molar-refractivity contribution in [1.29, 1.82) is 0 Å². The van der Waals surface area contributed by atoms with E-state index in [0.717, 1.165) is 19.5 Å². The fourth-order valence-electron chi connectivity index (χ4n) is 3.42. The fourth-order valence-corrected chi connectivity index (χ4v) is 3.42. The molecule has 2 aromatic carbocycles. The van der Waals surface area contributed by atoms with Crippen molar-refractivity contribution in [2.24, 2.45) is 0 Å². The quantitative estimate of drug-likeness (QED) is 0.896. The van der Waals surface area contributed by atoms with Crippen molar-refractivity contribution < 1.29 is 14.3 Å². The maximum absolute atomic E-state index is 13.1. The van der Waals surface area contributed by atoms with Gasteiger partial charge in [-0.2, -0.15) is 0 Å². The summed E-state index contributed by atoms with van der Waals surface area (Å²) in [5.74, 6) is 1.37. The van der Waals surface area contributed by atoms with E-state index in [1.54, 1.807) is 6.07 Å². The Morgan fingerprint density at radius 2 is 1.92 bits per heavy atom. The molecule has 0 radical (unpaired) electrons. The standard InChI is InChI=1S/C20H22N2O3.ClH/c1-2-14-3-5-15(6-4-14)17-12-21-9-10-22(17)20(23)16-7-8-18-19(11-16)25-13-24-18;/h3-8,11,17,21H,2,9-10,12-13H2,1H3;1H. The molecular formula is C20H23ClN2O3. The molecule has 1 amide bonds. The number of amides is 1. The second-order valence-corrected chi connectivity index (χ2v) is 6.38. The van der Waals surface area contributed by atoms with Crippen LogP contribution in [0.5, 0.6) is 11.5 Å². The van der Waals surface area contributed by atoms with Crippen molar-refractivity contribution in [1.82, 2.24) is 10.2 Å². The predicted molar refractivity (Wildman–Crippen MR) is 102 cm³/mol. The molecule has 1 unspecified atom stereocenters. The maximum atomic E-state index is 13.1. The monoisotopic (exact) mass is 374 g/mol. The van der Waals surface area contributed by atoms with Gasteiger partial charge in [0.25, 0.3) is 5.91 Å². The molecular weight excluding hydrogens is 352 g/mol. The molecule has 0 saturated carbocycles. The summed E-state index contributed by atoms with van der Waals surface area (Å²) in [6.45, 7) is 4.62. The van der Waals surface area contributed by atoms with Crippen LogP contribution in [0.4, 0.5) is 0 Å². The summed E-state index contributed by atoms with van der Waals surface area (Å²) in [5, 5.41) is 3.40. The van der Waals surface area contributed by atoms with Crippen molar-refractivity contribution >= 4 is 18.3 Å². The highest BCUT2D eigenvalue weighted by Crippen LogP contribution is 2.34. The lowest BCUT2D eigenvalue weighted by Crippen LogP contribution is -2.48. The van der Waals surface area contributed by atoms with E-state index in [1.807, 2.05) is 17.0 Å². The molecule has 1 fully saturated rings. The van der Waals surface area contributed by atoms with Crippen molar-refractivity contribution in [3.05, 3.63) is 59.2 Å². The van der Waals surface area contributed by atoms with Crippen LogP contribution in [0, 0.1) is 0 Å². The first-order chi connectivity index (χ1) is 12.3. The van der Waals surface area contributed by atoms with Crippen molar-refractivity contribution in [2.75, 3.05) is 26.4 Å². The zero-order chi connectivity index (χ0) is 17.2. The van der Waals surface area contributed by atoms with E-state index < -0.39 is 0 Å². The molecule has 1 N–H and O–H groups in total. The summed E-state index contributed by atoms with van der Waals surface area (Å²) < 4.78 is 10.7. The van der Waals surface area contributed by atoms with Crippen LogP contribution >= 0.6 is 12.4 Å². The lowest BCUT2D eigenvalue weighted by molar-refractivity contribution is 0.0634. The second-order valence-electron chi connectivity index (χ2n) is 6.38. The van der Waals surface area contributed by atoms with Crippen LogP contribution in [-0.4, -0.2) is 37.2 Å². The Bertz CT molecular complexity index is 779. The molecule has 2 aliphatic heterocycles. The van der Waals surface area contributed by atoms with E-state index >= 15 is 0 Å². The Kier molecular flexibility index (Phi) is 5.69. The molecule has 2 aromatic rings. The number of carbonyl (C=O) groups excluding carboxylic acids is 1. The van der Waals surface area contributed by atoms with Gasteiger partial charge in [-0.25, -0.2) is 0 Å². The van der Waals surface area contributed by atoms with E-state index in [4.69, 9.17) is 9.47 Å². The van der Waals surface area contributed by atoms with Crippen LogP contribution in [0.2, 0.25) is 0 Å². The van der Waals surface area contributed by atoms with Crippen molar-refractivity contribution in [2.45, 2.75) is 19.4 Å². The first kappa shape index (κ1) is 18.5. The smallest absolute Gasteiger partial charge is 0.254 e. The van der Waals surface area contributed by atoms with Crippen molar-refractivity contribution in [3.63, 3.8) is 0 Å². The van der Waals surface area contributed by atoms with Crippen molar-refractivity contribution in [3.8, 4) is 11.5 Å². The van der Waals surface area contributed by atoms with E-state index in [1.165, 1.54) is 11.1 Å². The van der Waals surface area contributed by atoms with Crippen LogP contribution in [0.3, 0.4) is 0 Å². The van der Waals surface area contributed by atoms with E-state index in [9.17, 15) is 4.79 Å². The fraction of sp³-hybridized carbons (Fsp3) is 0.350. The van der Waals surface area contributed by atoms with E-state index in [-0.39, 0.29) is 31.1 Å². The Morgan fingerprint density at radius 3 is 2.69 bits per heavy atom. The van der Waals surface area contributed by atoms with Gasteiger partial charge < -0.3 is 19.7 Å². The van der Waals surface area contributed by atoms with Gasteiger partial charge in [0.1, 0.15) is 0 Å². The zero-order valence-electron chi connectivity index (χ0n) is 14.7. The highest BCUT2D eigenvalue weighted by atomic mass is 35.5. The minimum absolute atomic E-state index is 0. The third-order valence-corrected chi connectivity index (χ3v) is 4.90. The molecule has 0 aromatic heterocycles. The molecule has 0 aliphatic carbocycles. The summed E-state index contributed by atoms with van der Waals surface area (Å²) >= 11 is 0. The predicted octanol–water partition coefficient (Wildman–Crippen LogP) is 3.19. The molecule has 0 bridgehead atoms. The number of ether oxygens (including phenoxy) is 2. The number of benzene rings is 2. The number of piperazine rings is 1. The normalized spacial score (nSPS) is 18.3. The van der Waals surface area contributed by atoms with Crippen LogP contribution < -0.4 is 14.8 Å². The highest BCUT2D eigenvalue weighted by Gasteiger charge is 2.29. The Morgan fingerprint density at radius 1 is 1.15 bits per heavy atom. The molecule has 138 valence electrons. The van der Waals surface area contributed by atoms with Gasteiger partial charge in [0.15, 0.2) is 11.5 Å². The van der Waals surface area contributed by atoms with Gasteiger partial charge >= 0.3 is 0 Å². The largest absolute Gasteiger partial charge is 0.454 e. The van der Waals surface area contributed by atoms with E-state index in [0.29, 0.717) is 23.6 Å². The first-order valence-corrected chi connectivity index (χ1v) is 8.76. The number of fused-ring (bicyclic) bond motifs is 1. The van der Waals surface area contributed by atoms with Crippen LogP contribution in [0.25, 0.3) is 0 Å². The summed E-state index contributed by atoms with van der Waals surface area (Å²) in [4.78, 5) is 15.1. The molecule has 5 nitrogen and oxygen atoms in total. The summed E-state index contributed by atoms with van der Waals surface area (Å²) in [6, 6.07) is 14.0. The van der Waals surface area contributed by atoms with Crippen LogP contribution in [0.15, 0.2) is 42.5 Å². The molecule has 2 aliphatic rings. The van der Waals surface area contributed by atoms with Crippen LogP contribution in [-0.2, 0) is 6.42 Å². The van der Waals surface area contributed by atoms with Gasteiger partial charge in [0.05, 0.1) is 6.04 Å². The number of rotatable bonds is 3. The van der Waals surface area contributed by atoms with Gasteiger partial charge in [-0.15, -0.1) is 12.4 Å². The summed E-state index contributed by atoms with van der Waals surface area (Å²) in [5.41, 5.74) is 3.11. The number of hydrogen-bond donors (Lipinski definition) is 1. The number of hydrogen-bond acceptors (Lipinski definition) is 4. The Labute approximate surface area is 159 Å². The number of aryl methyl sites for hydroxylation is 1. The first-order valence-electron chi connectivity index (χ1n) is 8.76. The van der Waals surface area contributed by atoms with Crippen LogP contribution in [0.1, 0.15) is 34.5 Å². The van der Waals surface area contributed by atoms with Gasteiger partial charge in [-0.3, -0.25) is 4.79 Å². The summed E-state index contributed by atoms with van der Waals surface area (Å²) in [7, 11) is 0. The number of halogens is 1. The number of carbonyl (C=O) groups is 1. The lowest BCUT2D eigenvalue weighted by Gasteiger charge is -2.36. The average Bonchev–Trinajstić information content (AvgIpc) is 3.15. The summed E-state index contributed by atoms with van der Waals surface area (Å²) in [6.07, 6.45) is 1.02. The number of nitrogens with one attached hydrogen (secondary N) is 1. The third-order valence-electron chi connectivity index (χ3n) is 4.90. The minimum Gasteiger partial charge on any atom is -0.454 e. The SMILES string of the molecule is CCc1ccc(C2CNCCN2C(=O)c2ccc3c(c2)OCO3)cc1.Cl. The Balaban J connectivity index is 0.00000196. The molecule has 4 rings (SSSR count). The topological polar surface area (TPSA) is 50.8 Å². The lowest BCUT2D eigenvalue weighted by atomic mass is 10.00. The highest BCUT2D eigenvalue weighted by molar-refractivity contribution is 5.95. The minimum atomic E-state index is 0. The van der Waals surface area contributed by atoms with Gasteiger partial charge in [0.2, 0.25) is 6.79 Å². The molecule has 26 heavy (non-hydrogen) atoms. The molecule has 1 saturated heterocycles. The Hall–Kier alpha value is -2.24. The molecule has 6 heteroatoms. The van der Waals surface area contributed by atoms with Gasteiger partial charge in [0, 0.05) is 25.2 Å². The average molecular weight is 375 g/mol. The molecule has 2 heterocycles. The third kappa shape index (κ3) is 3.50. The molecule has 0 spiro atoms. The zero-order valence-corrected chi connectivity index (χ0v) is 15.6. The van der Waals surface area contributed by atoms with Gasteiger partial charge in [-0.05, 0) is 35.7 Å². The number of nitrogens with zero attached hydrogens (tertiary/aromatic N) is 1. The van der Waals surface area contributed by atoms with Gasteiger partial charge in [-0.1, -0.05) is 31.2 Å². The second kappa shape index (κ2) is 7.98. The maximum Gasteiger partial charge on any atom is 0.254 e. The molecule has 1 atom stereocenters. The van der Waals surface area contributed by atoms with E-state index in [2.05, 4.69) is 36.5 Å².